The topological polar surface area (TPSA) is 135 Å². The van der Waals surface area contributed by atoms with Gasteiger partial charge in [0.05, 0.1) is 18.7 Å². The van der Waals surface area contributed by atoms with E-state index in [0.717, 1.165) is 23.2 Å². The molecule has 0 aliphatic carbocycles. The average molecular weight is 454 g/mol. The van der Waals surface area contributed by atoms with E-state index >= 15 is 0 Å². The summed E-state index contributed by atoms with van der Waals surface area (Å²) in [7, 11) is 1.36. The monoisotopic (exact) mass is 453 g/mol. The van der Waals surface area contributed by atoms with Gasteiger partial charge in [0.1, 0.15) is 11.9 Å². The number of hydrogen-bond acceptors (Lipinski definition) is 7. The summed E-state index contributed by atoms with van der Waals surface area (Å²) in [5.41, 5.74) is 8.81. The number of hydrogen-bond donors (Lipinski definition) is 4. The molecule has 1 aromatic heterocycles. The van der Waals surface area contributed by atoms with Crippen LogP contribution in [-0.2, 0) is 27.3 Å². The molecule has 0 saturated carbocycles. The Hall–Kier alpha value is -3.46. The zero-order chi connectivity index (χ0) is 24.0. The molecule has 0 bridgehead atoms. The Labute approximate surface area is 193 Å². The van der Waals surface area contributed by atoms with E-state index in [1.54, 1.807) is 19.1 Å². The largest absolute Gasteiger partial charge is 0.465 e. The molecule has 5 N–H and O–H groups in total. The van der Waals surface area contributed by atoms with Gasteiger partial charge < -0.3 is 26.4 Å². The Morgan fingerprint density at radius 2 is 2.06 bits per heavy atom. The minimum absolute atomic E-state index is 0.200. The van der Waals surface area contributed by atoms with Gasteiger partial charge in [0.2, 0.25) is 11.8 Å². The van der Waals surface area contributed by atoms with Crippen molar-refractivity contribution < 1.29 is 19.1 Å². The molecular formula is C24H31N5O4. The van der Waals surface area contributed by atoms with Crippen molar-refractivity contribution in [2.24, 2.45) is 5.92 Å². The summed E-state index contributed by atoms with van der Waals surface area (Å²) in [5.74, 6) is -0.156. The number of methoxy groups -OCH3 is 1. The van der Waals surface area contributed by atoms with E-state index in [1.165, 1.54) is 7.11 Å². The summed E-state index contributed by atoms with van der Waals surface area (Å²) in [6.45, 7) is 4.49. The standard InChI is InChI=1S/C24H31N5O4/c1-14-19(7-8-21(25)28-14)13-27-22(30)15(2)29-23(31)20-11-17(12-26-20)9-16-5-4-6-18(10-16)24(32)33-3/h4-8,10,15,17,20,26H,9,11-13H2,1-3H3,(H2,25,28)(H,27,30)(H,29,31)/t15?,17-,20+/m0/s1. The predicted octanol–water partition coefficient (Wildman–Crippen LogP) is 1.10. The van der Waals surface area contributed by atoms with Gasteiger partial charge in [-0.25, -0.2) is 9.78 Å². The molecule has 9 heteroatoms. The van der Waals surface area contributed by atoms with Crippen LogP contribution in [0.5, 0.6) is 0 Å². The predicted molar refractivity (Wildman–Crippen MR) is 124 cm³/mol. The summed E-state index contributed by atoms with van der Waals surface area (Å²) in [6.07, 6.45) is 1.39. The van der Waals surface area contributed by atoms with Crippen LogP contribution in [0.3, 0.4) is 0 Å². The molecule has 2 heterocycles. The summed E-state index contributed by atoms with van der Waals surface area (Å²) in [4.78, 5) is 41.0. The number of amides is 2. The van der Waals surface area contributed by atoms with Gasteiger partial charge in [-0.15, -0.1) is 0 Å². The van der Waals surface area contributed by atoms with Gasteiger partial charge in [-0.1, -0.05) is 18.2 Å². The Bertz CT molecular complexity index is 1030. The maximum Gasteiger partial charge on any atom is 0.337 e. The number of carbonyl (C=O) groups is 3. The number of nitrogens with zero attached hydrogens (tertiary/aromatic N) is 1. The first-order valence-corrected chi connectivity index (χ1v) is 11.0. The molecule has 33 heavy (non-hydrogen) atoms. The van der Waals surface area contributed by atoms with Crippen LogP contribution in [0.25, 0.3) is 0 Å². The number of aryl methyl sites for hydroxylation is 1. The highest BCUT2D eigenvalue weighted by atomic mass is 16.5. The van der Waals surface area contributed by atoms with Crippen LogP contribution in [0.4, 0.5) is 5.82 Å². The molecule has 176 valence electrons. The Morgan fingerprint density at radius 3 is 2.79 bits per heavy atom. The first-order chi connectivity index (χ1) is 15.8. The molecule has 1 fully saturated rings. The molecular weight excluding hydrogens is 422 g/mol. The number of nitrogens with two attached hydrogens (primary N) is 1. The van der Waals surface area contributed by atoms with E-state index in [4.69, 9.17) is 10.5 Å². The fraction of sp³-hybridized carbons (Fsp3) is 0.417. The van der Waals surface area contributed by atoms with Crippen molar-refractivity contribution in [3.05, 3.63) is 58.8 Å². The maximum absolute atomic E-state index is 12.7. The molecule has 0 spiro atoms. The van der Waals surface area contributed by atoms with Crippen LogP contribution in [0.1, 0.15) is 40.5 Å². The molecule has 1 aliphatic heterocycles. The molecule has 9 nitrogen and oxygen atoms in total. The van der Waals surface area contributed by atoms with Crippen LogP contribution in [0.15, 0.2) is 36.4 Å². The summed E-state index contributed by atoms with van der Waals surface area (Å²) in [6, 6.07) is 9.81. The van der Waals surface area contributed by atoms with E-state index in [2.05, 4.69) is 20.9 Å². The van der Waals surface area contributed by atoms with Crippen molar-refractivity contribution >= 4 is 23.6 Å². The fourth-order valence-corrected chi connectivity index (χ4v) is 3.95. The third-order valence-electron chi connectivity index (χ3n) is 5.83. The molecule has 1 aliphatic rings. The Morgan fingerprint density at radius 1 is 1.27 bits per heavy atom. The second-order valence-electron chi connectivity index (χ2n) is 8.39. The van der Waals surface area contributed by atoms with Crippen molar-refractivity contribution in [1.29, 1.82) is 0 Å². The average Bonchev–Trinajstić information content (AvgIpc) is 3.26. The molecule has 1 saturated heterocycles. The second-order valence-corrected chi connectivity index (χ2v) is 8.39. The minimum Gasteiger partial charge on any atom is -0.465 e. The molecule has 0 radical (unpaired) electrons. The summed E-state index contributed by atoms with van der Waals surface area (Å²) in [5, 5.41) is 8.84. The number of nitrogens with one attached hydrogen (secondary N) is 3. The number of carbonyl (C=O) groups excluding carboxylic acids is 3. The van der Waals surface area contributed by atoms with Crippen molar-refractivity contribution in [1.82, 2.24) is 20.9 Å². The number of esters is 1. The molecule has 3 rings (SSSR count). The first-order valence-electron chi connectivity index (χ1n) is 11.0. The number of pyridine rings is 1. The van der Waals surface area contributed by atoms with E-state index in [0.29, 0.717) is 30.9 Å². The van der Waals surface area contributed by atoms with E-state index in [1.807, 2.05) is 31.2 Å². The molecule has 1 unspecified atom stereocenters. The lowest BCUT2D eigenvalue weighted by Crippen LogP contribution is -2.50. The molecule has 2 aromatic rings. The Balaban J connectivity index is 1.46. The van der Waals surface area contributed by atoms with Gasteiger partial charge in [0.15, 0.2) is 0 Å². The lowest BCUT2D eigenvalue weighted by molar-refractivity contribution is -0.129. The van der Waals surface area contributed by atoms with Crippen LogP contribution in [-0.4, -0.2) is 48.5 Å². The molecule has 2 amide bonds. The van der Waals surface area contributed by atoms with Crippen molar-refractivity contribution in [2.75, 3.05) is 19.4 Å². The van der Waals surface area contributed by atoms with Gasteiger partial charge in [-0.3, -0.25) is 9.59 Å². The Kier molecular flexibility index (Phi) is 8.00. The number of ether oxygens (including phenoxy) is 1. The highest BCUT2D eigenvalue weighted by molar-refractivity contribution is 5.90. The number of benzene rings is 1. The van der Waals surface area contributed by atoms with E-state index < -0.39 is 6.04 Å². The number of aromatic nitrogens is 1. The SMILES string of the molecule is COC(=O)c1cccc(C[C@@H]2CN[C@@H](C(=O)NC(C)C(=O)NCc3ccc(N)nc3C)C2)c1. The minimum atomic E-state index is -0.669. The smallest absolute Gasteiger partial charge is 0.337 e. The fourth-order valence-electron chi connectivity index (χ4n) is 3.95. The normalized spacial score (nSPS) is 18.4. The van der Waals surface area contributed by atoms with Crippen LogP contribution >= 0.6 is 0 Å². The summed E-state index contributed by atoms with van der Waals surface area (Å²) < 4.78 is 4.77. The van der Waals surface area contributed by atoms with Gasteiger partial charge in [0.25, 0.3) is 0 Å². The zero-order valence-electron chi connectivity index (χ0n) is 19.2. The van der Waals surface area contributed by atoms with Crippen molar-refractivity contribution in [3.8, 4) is 0 Å². The van der Waals surface area contributed by atoms with Crippen LogP contribution < -0.4 is 21.7 Å². The molecule has 1 aromatic carbocycles. The van der Waals surface area contributed by atoms with E-state index in [-0.39, 0.29) is 29.7 Å². The first kappa shape index (κ1) is 24.2. The van der Waals surface area contributed by atoms with Gasteiger partial charge in [-0.2, -0.15) is 0 Å². The van der Waals surface area contributed by atoms with E-state index in [9.17, 15) is 14.4 Å². The second kappa shape index (κ2) is 10.9. The maximum atomic E-state index is 12.7. The van der Waals surface area contributed by atoms with Gasteiger partial charge in [-0.05, 0) is 68.5 Å². The van der Waals surface area contributed by atoms with Crippen molar-refractivity contribution in [2.45, 2.75) is 45.3 Å². The highest BCUT2D eigenvalue weighted by Gasteiger charge is 2.31. The van der Waals surface area contributed by atoms with Crippen molar-refractivity contribution in [3.63, 3.8) is 0 Å². The zero-order valence-corrected chi connectivity index (χ0v) is 19.2. The number of rotatable bonds is 8. The lowest BCUT2D eigenvalue weighted by Gasteiger charge is -2.17. The summed E-state index contributed by atoms with van der Waals surface area (Å²) >= 11 is 0. The van der Waals surface area contributed by atoms with Crippen LogP contribution in [0, 0.1) is 12.8 Å². The highest BCUT2D eigenvalue weighted by Crippen LogP contribution is 2.20. The number of anilines is 1. The van der Waals surface area contributed by atoms with Crippen LogP contribution in [0.2, 0.25) is 0 Å². The third kappa shape index (κ3) is 6.52. The lowest BCUT2D eigenvalue weighted by atomic mass is 9.95. The number of nitrogen functional groups attached to an aromatic ring is 1. The van der Waals surface area contributed by atoms with Gasteiger partial charge in [0, 0.05) is 12.2 Å². The third-order valence-corrected chi connectivity index (χ3v) is 5.83. The van der Waals surface area contributed by atoms with Gasteiger partial charge >= 0.3 is 5.97 Å². The molecule has 3 atom stereocenters. The quantitative estimate of drug-likeness (QED) is 0.440.